The Bertz CT molecular complexity index is 445. The van der Waals surface area contributed by atoms with Crippen LogP contribution in [0.5, 0.6) is 0 Å². The van der Waals surface area contributed by atoms with Gasteiger partial charge in [-0.25, -0.2) is 4.98 Å². The number of para-hydroxylation sites is 2. The Hall–Kier alpha value is -1.35. The minimum absolute atomic E-state index is 0.512. The molecule has 0 saturated heterocycles. The van der Waals surface area contributed by atoms with E-state index in [0.29, 0.717) is 6.54 Å². The van der Waals surface area contributed by atoms with Gasteiger partial charge in [0, 0.05) is 6.54 Å². The van der Waals surface area contributed by atoms with E-state index in [1.807, 2.05) is 18.2 Å². The lowest BCUT2D eigenvalue weighted by Crippen LogP contribution is -2.08. The van der Waals surface area contributed by atoms with Crippen molar-refractivity contribution in [1.29, 1.82) is 0 Å². The molecular formula is C12H17N3. The quantitative estimate of drug-likeness (QED) is 0.828. The number of fused-ring (bicyclic) bond motifs is 1. The summed E-state index contributed by atoms with van der Waals surface area (Å²) in [5.41, 5.74) is 7.95. The fourth-order valence-electron chi connectivity index (χ4n) is 1.85. The first-order valence-electron chi connectivity index (χ1n) is 5.51. The molecule has 1 heterocycles. The maximum Gasteiger partial charge on any atom is 0.123 e. The predicted molar refractivity (Wildman–Crippen MR) is 62.5 cm³/mol. The van der Waals surface area contributed by atoms with Gasteiger partial charge in [0.25, 0.3) is 0 Å². The molecular weight excluding hydrogens is 186 g/mol. The third-order valence-electron chi connectivity index (χ3n) is 2.65. The molecule has 1 aromatic heterocycles. The molecule has 0 saturated carbocycles. The van der Waals surface area contributed by atoms with Gasteiger partial charge in [-0.05, 0) is 18.6 Å². The Balaban J connectivity index is 2.47. The van der Waals surface area contributed by atoms with Crippen molar-refractivity contribution in [1.82, 2.24) is 9.55 Å². The van der Waals surface area contributed by atoms with Crippen LogP contribution in [-0.2, 0) is 13.1 Å². The van der Waals surface area contributed by atoms with Crippen LogP contribution >= 0.6 is 0 Å². The Labute approximate surface area is 89.9 Å². The van der Waals surface area contributed by atoms with E-state index in [9.17, 15) is 0 Å². The summed E-state index contributed by atoms with van der Waals surface area (Å²) in [6, 6.07) is 8.21. The van der Waals surface area contributed by atoms with E-state index in [1.165, 1.54) is 18.4 Å². The largest absolute Gasteiger partial charge is 0.327 e. The van der Waals surface area contributed by atoms with E-state index in [-0.39, 0.29) is 0 Å². The summed E-state index contributed by atoms with van der Waals surface area (Å²) in [7, 11) is 0. The lowest BCUT2D eigenvalue weighted by atomic mass is 10.3. The minimum Gasteiger partial charge on any atom is -0.327 e. The summed E-state index contributed by atoms with van der Waals surface area (Å²) in [6.07, 6.45) is 2.36. The second-order valence-electron chi connectivity index (χ2n) is 3.73. The number of aromatic nitrogens is 2. The van der Waals surface area contributed by atoms with E-state index in [0.717, 1.165) is 17.9 Å². The third kappa shape index (κ3) is 1.88. The molecule has 3 heteroatoms. The van der Waals surface area contributed by atoms with Gasteiger partial charge in [-0.1, -0.05) is 25.5 Å². The maximum atomic E-state index is 5.70. The predicted octanol–water partition coefficient (Wildman–Crippen LogP) is 2.30. The van der Waals surface area contributed by atoms with Gasteiger partial charge in [-0.2, -0.15) is 0 Å². The smallest absolute Gasteiger partial charge is 0.123 e. The number of hydrogen-bond acceptors (Lipinski definition) is 2. The zero-order valence-corrected chi connectivity index (χ0v) is 9.11. The fraction of sp³-hybridized carbons (Fsp3) is 0.417. The zero-order chi connectivity index (χ0) is 10.7. The highest BCUT2D eigenvalue weighted by atomic mass is 15.1. The standard InChI is InChI=1S/C12H17N3/c1-2-3-8-15-11-7-5-4-6-10(11)14-12(15)9-13/h4-7H,2-3,8-9,13H2,1H3. The van der Waals surface area contributed by atoms with Crippen molar-refractivity contribution in [2.45, 2.75) is 32.9 Å². The average Bonchev–Trinajstić information content (AvgIpc) is 2.64. The van der Waals surface area contributed by atoms with Gasteiger partial charge < -0.3 is 10.3 Å². The first-order chi connectivity index (χ1) is 7.36. The average molecular weight is 203 g/mol. The highest BCUT2D eigenvalue weighted by Crippen LogP contribution is 2.16. The van der Waals surface area contributed by atoms with Crippen LogP contribution in [0.3, 0.4) is 0 Å². The van der Waals surface area contributed by atoms with Crippen LogP contribution in [0.25, 0.3) is 11.0 Å². The van der Waals surface area contributed by atoms with Crippen LogP contribution in [0.15, 0.2) is 24.3 Å². The molecule has 80 valence electrons. The molecule has 2 aromatic rings. The second-order valence-corrected chi connectivity index (χ2v) is 3.73. The topological polar surface area (TPSA) is 43.8 Å². The molecule has 15 heavy (non-hydrogen) atoms. The number of benzene rings is 1. The Morgan fingerprint density at radius 1 is 1.33 bits per heavy atom. The van der Waals surface area contributed by atoms with Crippen LogP contribution in [0, 0.1) is 0 Å². The van der Waals surface area contributed by atoms with E-state index >= 15 is 0 Å². The molecule has 0 aliphatic rings. The Morgan fingerprint density at radius 3 is 2.87 bits per heavy atom. The zero-order valence-electron chi connectivity index (χ0n) is 9.11. The molecule has 2 rings (SSSR count). The molecule has 3 nitrogen and oxygen atoms in total. The highest BCUT2D eigenvalue weighted by Gasteiger charge is 2.07. The lowest BCUT2D eigenvalue weighted by Gasteiger charge is -2.06. The van der Waals surface area contributed by atoms with Gasteiger partial charge in [0.2, 0.25) is 0 Å². The van der Waals surface area contributed by atoms with E-state index in [1.54, 1.807) is 0 Å². The van der Waals surface area contributed by atoms with Gasteiger partial charge >= 0.3 is 0 Å². The monoisotopic (exact) mass is 203 g/mol. The number of rotatable bonds is 4. The number of hydrogen-bond donors (Lipinski definition) is 1. The number of nitrogens with zero attached hydrogens (tertiary/aromatic N) is 2. The lowest BCUT2D eigenvalue weighted by molar-refractivity contribution is 0.617. The Morgan fingerprint density at radius 2 is 2.13 bits per heavy atom. The molecule has 0 atom stereocenters. The molecule has 0 spiro atoms. The van der Waals surface area contributed by atoms with Gasteiger partial charge in [-0.15, -0.1) is 0 Å². The third-order valence-corrected chi connectivity index (χ3v) is 2.65. The van der Waals surface area contributed by atoms with Crippen LogP contribution in [-0.4, -0.2) is 9.55 Å². The number of imidazole rings is 1. The fourth-order valence-corrected chi connectivity index (χ4v) is 1.85. The SMILES string of the molecule is CCCCn1c(CN)nc2ccccc21. The summed E-state index contributed by atoms with van der Waals surface area (Å²) >= 11 is 0. The van der Waals surface area contributed by atoms with E-state index in [4.69, 9.17) is 5.73 Å². The van der Waals surface area contributed by atoms with Crippen molar-refractivity contribution in [3.8, 4) is 0 Å². The van der Waals surface area contributed by atoms with Crippen LogP contribution in [0.1, 0.15) is 25.6 Å². The summed E-state index contributed by atoms with van der Waals surface area (Å²) < 4.78 is 2.23. The van der Waals surface area contributed by atoms with Gasteiger partial charge in [0.15, 0.2) is 0 Å². The maximum absolute atomic E-state index is 5.70. The van der Waals surface area contributed by atoms with Crippen LogP contribution in [0.2, 0.25) is 0 Å². The van der Waals surface area contributed by atoms with Crippen molar-refractivity contribution in [2.24, 2.45) is 5.73 Å². The van der Waals surface area contributed by atoms with E-state index < -0.39 is 0 Å². The van der Waals surface area contributed by atoms with Crippen molar-refractivity contribution in [2.75, 3.05) is 0 Å². The number of nitrogens with two attached hydrogens (primary N) is 1. The van der Waals surface area contributed by atoms with Gasteiger partial charge in [0.05, 0.1) is 17.6 Å². The molecule has 0 fully saturated rings. The highest BCUT2D eigenvalue weighted by molar-refractivity contribution is 5.75. The van der Waals surface area contributed by atoms with Crippen molar-refractivity contribution < 1.29 is 0 Å². The van der Waals surface area contributed by atoms with Crippen LogP contribution < -0.4 is 5.73 Å². The molecule has 0 radical (unpaired) electrons. The summed E-state index contributed by atoms with van der Waals surface area (Å²) in [4.78, 5) is 4.52. The molecule has 0 bridgehead atoms. The number of aryl methyl sites for hydroxylation is 1. The minimum atomic E-state index is 0.512. The van der Waals surface area contributed by atoms with Crippen molar-refractivity contribution in [3.63, 3.8) is 0 Å². The summed E-state index contributed by atoms with van der Waals surface area (Å²) in [5, 5.41) is 0. The number of unbranched alkanes of at least 4 members (excludes halogenated alkanes) is 1. The molecule has 2 N–H and O–H groups in total. The van der Waals surface area contributed by atoms with Crippen molar-refractivity contribution >= 4 is 11.0 Å². The van der Waals surface area contributed by atoms with Gasteiger partial charge in [-0.3, -0.25) is 0 Å². The van der Waals surface area contributed by atoms with Crippen molar-refractivity contribution in [3.05, 3.63) is 30.1 Å². The molecule has 0 amide bonds. The molecule has 1 aromatic carbocycles. The van der Waals surface area contributed by atoms with Gasteiger partial charge in [0.1, 0.15) is 5.82 Å². The molecule has 0 aliphatic carbocycles. The Kier molecular flexibility index (Phi) is 3.02. The molecule has 0 unspecified atom stereocenters. The van der Waals surface area contributed by atoms with E-state index in [2.05, 4.69) is 22.5 Å². The normalized spacial score (nSPS) is 11.1. The summed E-state index contributed by atoms with van der Waals surface area (Å²) in [5.74, 6) is 0.990. The summed E-state index contributed by atoms with van der Waals surface area (Å²) in [6.45, 7) is 3.73. The second kappa shape index (κ2) is 4.45. The van der Waals surface area contributed by atoms with Crippen LogP contribution in [0.4, 0.5) is 0 Å². The first kappa shape index (κ1) is 10.2. The molecule has 0 aliphatic heterocycles. The first-order valence-corrected chi connectivity index (χ1v) is 5.51.